The van der Waals surface area contributed by atoms with Crippen LogP contribution in [0.1, 0.15) is 25.7 Å². The Morgan fingerprint density at radius 3 is 2.84 bits per heavy atom. The lowest BCUT2D eigenvalue weighted by Crippen LogP contribution is -2.27. The van der Waals surface area contributed by atoms with Crippen LogP contribution >= 0.6 is 0 Å². The predicted octanol–water partition coefficient (Wildman–Crippen LogP) is 2.76. The molecular weight excluding hydrogens is 243 g/mol. The average molecular weight is 258 g/mol. The van der Waals surface area contributed by atoms with Gasteiger partial charge in [0.15, 0.2) is 0 Å². The van der Waals surface area contributed by atoms with Gasteiger partial charge in [-0.05, 0) is 43.2 Å². The van der Waals surface area contributed by atoms with Crippen molar-refractivity contribution in [3.8, 4) is 0 Å². The molecule has 2 fully saturated rings. The minimum Gasteiger partial charge on any atom is -0.350 e. The van der Waals surface area contributed by atoms with E-state index in [1.54, 1.807) is 6.07 Å². The van der Waals surface area contributed by atoms with E-state index in [1.807, 2.05) is 0 Å². The fourth-order valence-corrected chi connectivity index (χ4v) is 3.56. The molecule has 2 aliphatic carbocycles. The fraction of sp³-hybridized carbons (Fsp3) is 0.500. The van der Waals surface area contributed by atoms with Crippen LogP contribution in [-0.4, -0.2) is 21.2 Å². The number of nitrogens with one attached hydrogen (secondary N) is 1. The monoisotopic (exact) mass is 258 g/mol. The summed E-state index contributed by atoms with van der Waals surface area (Å²) in [5.41, 5.74) is 1.18. The van der Waals surface area contributed by atoms with Crippen LogP contribution in [0.4, 0.5) is 10.3 Å². The normalized spacial score (nSPS) is 29.0. The Labute approximate surface area is 110 Å². The quantitative estimate of drug-likeness (QED) is 0.900. The SMILES string of the molecule is Fc1ccc2nc(N[C@@H]3C[C@H]4CC[C@@H]3C4)nnc2c1. The van der Waals surface area contributed by atoms with Gasteiger partial charge in [0, 0.05) is 12.1 Å². The second-order valence-electron chi connectivity index (χ2n) is 5.69. The van der Waals surface area contributed by atoms with Crippen molar-refractivity contribution in [2.24, 2.45) is 11.8 Å². The van der Waals surface area contributed by atoms with Gasteiger partial charge in [-0.1, -0.05) is 6.42 Å². The third-order valence-electron chi connectivity index (χ3n) is 4.47. The molecule has 2 aliphatic rings. The molecule has 0 saturated heterocycles. The first-order chi connectivity index (χ1) is 9.28. The Bertz CT molecular complexity index is 630. The summed E-state index contributed by atoms with van der Waals surface area (Å²) in [4.78, 5) is 4.41. The maximum atomic E-state index is 13.1. The molecule has 1 heterocycles. The highest BCUT2D eigenvalue weighted by atomic mass is 19.1. The molecule has 1 aromatic carbocycles. The Morgan fingerprint density at radius 1 is 1.11 bits per heavy atom. The molecule has 98 valence electrons. The molecule has 3 atom stereocenters. The summed E-state index contributed by atoms with van der Waals surface area (Å²) in [5, 5.41) is 11.5. The van der Waals surface area contributed by atoms with Crippen LogP contribution in [-0.2, 0) is 0 Å². The molecule has 0 spiro atoms. The second-order valence-corrected chi connectivity index (χ2v) is 5.69. The van der Waals surface area contributed by atoms with Gasteiger partial charge in [-0.3, -0.25) is 0 Å². The number of benzene rings is 1. The van der Waals surface area contributed by atoms with E-state index in [4.69, 9.17) is 0 Å². The summed E-state index contributed by atoms with van der Waals surface area (Å²) in [5.74, 6) is 1.90. The molecule has 0 radical (unpaired) electrons. The van der Waals surface area contributed by atoms with Crippen LogP contribution in [0.25, 0.3) is 11.0 Å². The van der Waals surface area contributed by atoms with Gasteiger partial charge in [-0.15, -0.1) is 10.2 Å². The summed E-state index contributed by atoms with van der Waals surface area (Å²) < 4.78 is 13.1. The number of anilines is 1. The van der Waals surface area contributed by atoms with Crippen molar-refractivity contribution in [2.75, 3.05) is 5.32 Å². The van der Waals surface area contributed by atoms with Gasteiger partial charge < -0.3 is 5.32 Å². The minimum atomic E-state index is -0.308. The lowest BCUT2D eigenvalue weighted by Gasteiger charge is -2.22. The van der Waals surface area contributed by atoms with E-state index in [2.05, 4.69) is 20.5 Å². The molecule has 0 aliphatic heterocycles. The Morgan fingerprint density at radius 2 is 2.05 bits per heavy atom. The largest absolute Gasteiger partial charge is 0.350 e. The molecule has 2 aromatic rings. The predicted molar refractivity (Wildman–Crippen MR) is 70.1 cm³/mol. The molecule has 2 bridgehead atoms. The maximum Gasteiger partial charge on any atom is 0.243 e. The van der Waals surface area contributed by atoms with Gasteiger partial charge in [-0.25, -0.2) is 9.37 Å². The second kappa shape index (κ2) is 4.11. The summed E-state index contributed by atoms with van der Waals surface area (Å²) >= 11 is 0. The van der Waals surface area contributed by atoms with Gasteiger partial charge in [0.25, 0.3) is 0 Å². The first-order valence-corrected chi connectivity index (χ1v) is 6.84. The van der Waals surface area contributed by atoms with Crippen molar-refractivity contribution in [1.29, 1.82) is 0 Å². The van der Waals surface area contributed by atoms with Gasteiger partial charge >= 0.3 is 0 Å². The number of nitrogens with zero attached hydrogens (tertiary/aromatic N) is 3. The molecule has 1 N–H and O–H groups in total. The summed E-state index contributed by atoms with van der Waals surface area (Å²) in [6.45, 7) is 0. The number of aromatic nitrogens is 3. The molecular formula is C14H15FN4. The van der Waals surface area contributed by atoms with Crippen LogP contribution in [0.3, 0.4) is 0 Å². The van der Waals surface area contributed by atoms with Gasteiger partial charge in [0.1, 0.15) is 11.3 Å². The van der Waals surface area contributed by atoms with E-state index >= 15 is 0 Å². The lowest BCUT2D eigenvalue weighted by atomic mass is 9.95. The number of fused-ring (bicyclic) bond motifs is 3. The zero-order valence-electron chi connectivity index (χ0n) is 10.5. The van der Waals surface area contributed by atoms with Gasteiger partial charge in [-0.2, -0.15) is 0 Å². The van der Waals surface area contributed by atoms with E-state index in [1.165, 1.54) is 37.8 Å². The lowest BCUT2D eigenvalue weighted by molar-refractivity contribution is 0.437. The molecule has 5 heteroatoms. The van der Waals surface area contributed by atoms with E-state index in [0.29, 0.717) is 23.0 Å². The number of hydrogen-bond acceptors (Lipinski definition) is 4. The van der Waals surface area contributed by atoms with E-state index < -0.39 is 0 Å². The first kappa shape index (κ1) is 11.1. The fourth-order valence-electron chi connectivity index (χ4n) is 3.56. The van der Waals surface area contributed by atoms with Crippen LogP contribution in [0, 0.1) is 17.7 Å². The van der Waals surface area contributed by atoms with Crippen LogP contribution < -0.4 is 5.32 Å². The van der Waals surface area contributed by atoms with Crippen LogP contribution in [0.2, 0.25) is 0 Å². The smallest absolute Gasteiger partial charge is 0.243 e. The van der Waals surface area contributed by atoms with E-state index in [9.17, 15) is 4.39 Å². The molecule has 4 rings (SSSR count). The average Bonchev–Trinajstić information content (AvgIpc) is 3.01. The van der Waals surface area contributed by atoms with E-state index in [0.717, 1.165) is 11.8 Å². The molecule has 4 nitrogen and oxygen atoms in total. The third-order valence-corrected chi connectivity index (χ3v) is 4.47. The Kier molecular flexibility index (Phi) is 2.40. The van der Waals surface area contributed by atoms with Crippen molar-refractivity contribution in [2.45, 2.75) is 31.7 Å². The highest BCUT2D eigenvalue weighted by molar-refractivity contribution is 5.74. The van der Waals surface area contributed by atoms with Crippen molar-refractivity contribution >= 4 is 17.0 Å². The number of rotatable bonds is 2. The molecule has 0 amide bonds. The van der Waals surface area contributed by atoms with Gasteiger partial charge in [0.2, 0.25) is 5.95 Å². The summed E-state index contributed by atoms with van der Waals surface area (Å²) in [6, 6.07) is 4.89. The summed E-state index contributed by atoms with van der Waals surface area (Å²) in [6.07, 6.45) is 5.24. The zero-order valence-corrected chi connectivity index (χ0v) is 10.5. The highest BCUT2D eigenvalue weighted by Gasteiger charge is 2.39. The van der Waals surface area contributed by atoms with Crippen molar-refractivity contribution in [1.82, 2.24) is 15.2 Å². The Hall–Kier alpha value is -1.78. The van der Waals surface area contributed by atoms with Crippen LogP contribution in [0.5, 0.6) is 0 Å². The molecule has 19 heavy (non-hydrogen) atoms. The molecule has 2 saturated carbocycles. The highest BCUT2D eigenvalue weighted by Crippen LogP contribution is 2.45. The number of hydrogen-bond donors (Lipinski definition) is 1. The number of halogens is 1. The van der Waals surface area contributed by atoms with Crippen molar-refractivity contribution in [3.63, 3.8) is 0 Å². The molecule has 1 aromatic heterocycles. The maximum absolute atomic E-state index is 13.1. The van der Waals surface area contributed by atoms with Crippen LogP contribution in [0.15, 0.2) is 18.2 Å². The van der Waals surface area contributed by atoms with Crippen molar-refractivity contribution < 1.29 is 4.39 Å². The zero-order chi connectivity index (χ0) is 12.8. The van der Waals surface area contributed by atoms with Crippen molar-refractivity contribution in [3.05, 3.63) is 24.0 Å². The third kappa shape index (κ3) is 1.93. The Balaban J connectivity index is 1.60. The standard InChI is InChI=1S/C14H15FN4/c15-10-3-4-11-13(7-10)18-19-14(16-11)17-12-6-8-1-2-9(12)5-8/h3-4,7-9,12H,1-2,5-6H2,(H,16,17,19)/t8-,9+,12+/m0/s1. The first-order valence-electron chi connectivity index (χ1n) is 6.84. The summed E-state index contributed by atoms with van der Waals surface area (Å²) in [7, 11) is 0. The van der Waals surface area contributed by atoms with E-state index in [-0.39, 0.29) is 5.82 Å². The minimum absolute atomic E-state index is 0.308. The molecule has 0 unspecified atom stereocenters. The topological polar surface area (TPSA) is 50.7 Å². The van der Waals surface area contributed by atoms with Gasteiger partial charge in [0.05, 0.1) is 5.52 Å².